The molecule has 0 aliphatic rings. The minimum absolute atomic E-state index is 0.0315. The Balaban J connectivity index is 1.95. The SMILES string of the molecule is CC(C)NC(=O)c1cccc(NC(=O)CNc2ccc(Cl)cc2Cl)c1. The van der Waals surface area contributed by atoms with Gasteiger partial charge in [0, 0.05) is 22.3 Å². The van der Waals surface area contributed by atoms with Crippen molar-refractivity contribution in [2.75, 3.05) is 17.2 Å². The van der Waals surface area contributed by atoms with Gasteiger partial charge in [-0.3, -0.25) is 9.59 Å². The van der Waals surface area contributed by atoms with Crippen LogP contribution in [0.3, 0.4) is 0 Å². The van der Waals surface area contributed by atoms with Crippen LogP contribution in [0.25, 0.3) is 0 Å². The van der Waals surface area contributed by atoms with Crippen LogP contribution in [-0.2, 0) is 4.79 Å². The third kappa shape index (κ3) is 5.96. The van der Waals surface area contributed by atoms with Gasteiger partial charge < -0.3 is 16.0 Å². The summed E-state index contributed by atoms with van der Waals surface area (Å²) in [4.78, 5) is 24.1. The lowest BCUT2D eigenvalue weighted by atomic mass is 10.1. The Bertz CT molecular complexity index is 779. The molecule has 3 N–H and O–H groups in total. The molecule has 132 valence electrons. The van der Waals surface area contributed by atoms with Gasteiger partial charge in [0.2, 0.25) is 5.91 Å². The first-order valence-corrected chi connectivity index (χ1v) is 8.50. The molecule has 0 heterocycles. The predicted octanol–water partition coefficient (Wildman–Crippen LogP) is 4.18. The lowest BCUT2D eigenvalue weighted by Gasteiger charge is -2.11. The standard InChI is InChI=1S/C18H19Cl2N3O2/c1-11(2)22-18(25)12-4-3-5-14(8-12)23-17(24)10-21-16-7-6-13(19)9-15(16)20/h3-9,11,21H,10H2,1-2H3,(H,22,25)(H,23,24). The van der Waals surface area contributed by atoms with Gasteiger partial charge in [0.05, 0.1) is 17.3 Å². The van der Waals surface area contributed by atoms with Crippen molar-refractivity contribution in [3.63, 3.8) is 0 Å². The second kappa shape index (κ2) is 8.74. The monoisotopic (exact) mass is 379 g/mol. The van der Waals surface area contributed by atoms with Crippen molar-refractivity contribution in [1.82, 2.24) is 5.32 Å². The highest BCUT2D eigenvalue weighted by atomic mass is 35.5. The van der Waals surface area contributed by atoms with E-state index < -0.39 is 0 Å². The zero-order valence-corrected chi connectivity index (χ0v) is 15.4. The second-order valence-corrected chi connectivity index (χ2v) is 6.58. The van der Waals surface area contributed by atoms with Crippen LogP contribution in [-0.4, -0.2) is 24.4 Å². The highest BCUT2D eigenvalue weighted by Gasteiger charge is 2.09. The molecule has 0 saturated carbocycles. The third-order valence-corrected chi connectivity index (χ3v) is 3.75. The molecule has 2 aromatic rings. The number of rotatable bonds is 6. The zero-order valence-electron chi connectivity index (χ0n) is 13.9. The fourth-order valence-corrected chi connectivity index (χ4v) is 2.57. The Morgan fingerprint density at radius 2 is 1.84 bits per heavy atom. The van der Waals surface area contributed by atoms with Gasteiger partial charge in [0.1, 0.15) is 0 Å². The molecule has 2 amide bonds. The van der Waals surface area contributed by atoms with Crippen LogP contribution in [0.2, 0.25) is 10.0 Å². The summed E-state index contributed by atoms with van der Waals surface area (Å²) in [6, 6.07) is 11.8. The molecule has 0 fully saturated rings. The minimum Gasteiger partial charge on any atom is -0.375 e. The van der Waals surface area contributed by atoms with Gasteiger partial charge in [0.25, 0.3) is 5.91 Å². The molecule has 0 radical (unpaired) electrons. The van der Waals surface area contributed by atoms with Crippen LogP contribution < -0.4 is 16.0 Å². The second-order valence-electron chi connectivity index (χ2n) is 5.73. The van der Waals surface area contributed by atoms with E-state index in [1.54, 1.807) is 42.5 Å². The normalized spacial score (nSPS) is 10.4. The van der Waals surface area contributed by atoms with Crippen LogP contribution >= 0.6 is 23.2 Å². The van der Waals surface area contributed by atoms with Gasteiger partial charge in [-0.1, -0.05) is 29.3 Å². The van der Waals surface area contributed by atoms with Crippen molar-refractivity contribution in [2.45, 2.75) is 19.9 Å². The molecule has 0 bridgehead atoms. The number of nitrogens with one attached hydrogen (secondary N) is 3. The third-order valence-electron chi connectivity index (χ3n) is 3.20. The van der Waals surface area contributed by atoms with Crippen molar-refractivity contribution >= 4 is 46.4 Å². The molecule has 7 heteroatoms. The Morgan fingerprint density at radius 1 is 1.08 bits per heavy atom. The van der Waals surface area contributed by atoms with Crippen molar-refractivity contribution in [2.24, 2.45) is 0 Å². The number of amides is 2. The first-order chi connectivity index (χ1) is 11.8. The number of hydrogen-bond acceptors (Lipinski definition) is 3. The van der Waals surface area contributed by atoms with Gasteiger partial charge in [-0.05, 0) is 50.2 Å². The first-order valence-electron chi connectivity index (χ1n) is 7.75. The number of benzene rings is 2. The van der Waals surface area contributed by atoms with Crippen LogP contribution in [0.5, 0.6) is 0 Å². The molecule has 25 heavy (non-hydrogen) atoms. The van der Waals surface area contributed by atoms with E-state index in [0.717, 1.165) is 0 Å². The Labute approximate surface area is 156 Å². The van der Waals surface area contributed by atoms with E-state index in [4.69, 9.17) is 23.2 Å². The molecule has 2 aromatic carbocycles. The Hall–Kier alpha value is -2.24. The average molecular weight is 380 g/mol. The van der Waals surface area contributed by atoms with Crippen molar-refractivity contribution in [3.05, 3.63) is 58.1 Å². The number of anilines is 2. The van der Waals surface area contributed by atoms with E-state index in [2.05, 4.69) is 16.0 Å². The summed E-state index contributed by atoms with van der Waals surface area (Å²) in [7, 11) is 0. The molecule has 0 aliphatic carbocycles. The van der Waals surface area contributed by atoms with Crippen molar-refractivity contribution in [3.8, 4) is 0 Å². The summed E-state index contributed by atoms with van der Waals surface area (Å²) in [6.45, 7) is 3.80. The summed E-state index contributed by atoms with van der Waals surface area (Å²) >= 11 is 11.9. The number of carbonyl (C=O) groups is 2. The topological polar surface area (TPSA) is 70.2 Å². The van der Waals surface area contributed by atoms with Crippen LogP contribution in [0.1, 0.15) is 24.2 Å². The summed E-state index contributed by atoms with van der Waals surface area (Å²) in [6.07, 6.45) is 0. The molecular weight excluding hydrogens is 361 g/mol. The van der Waals surface area contributed by atoms with Gasteiger partial charge in [0.15, 0.2) is 0 Å². The van der Waals surface area contributed by atoms with Gasteiger partial charge in [-0.2, -0.15) is 0 Å². The molecule has 0 atom stereocenters. The number of hydrogen-bond donors (Lipinski definition) is 3. The van der Waals surface area contributed by atoms with E-state index in [1.807, 2.05) is 13.8 Å². The molecular formula is C18H19Cl2N3O2. The maximum atomic E-state index is 12.1. The largest absolute Gasteiger partial charge is 0.375 e. The maximum Gasteiger partial charge on any atom is 0.251 e. The Morgan fingerprint density at radius 3 is 2.52 bits per heavy atom. The highest BCUT2D eigenvalue weighted by molar-refractivity contribution is 6.36. The lowest BCUT2D eigenvalue weighted by Crippen LogP contribution is -2.30. The highest BCUT2D eigenvalue weighted by Crippen LogP contribution is 2.25. The van der Waals surface area contributed by atoms with E-state index in [0.29, 0.717) is 27.0 Å². The predicted molar refractivity (Wildman–Crippen MR) is 103 cm³/mol. The van der Waals surface area contributed by atoms with E-state index in [9.17, 15) is 9.59 Å². The van der Waals surface area contributed by atoms with Gasteiger partial charge in [-0.25, -0.2) is 0 Å². The van der Waals surface area contributed by atoms with Gasteiger partial charge >= 0.3 is 0 Å². The quantitative estimate of drug-likeness (QED) is 0.704. The summed E-state index contributed by atoms with van der Waals surface area (Å²) in [5, 5.41) is 9.45. The average Bonchev–Trinajstić information content (AvgIpc) is 2.53. The summed E-state index contributed by atoms with van der Waals surface area (Å²) in [5.41, 5.74) is 1.65. The van der Waals surface area contributed by atoms with Crippen molar-refractivity contribution in [1.29, 1.82) is 0 Å². The summed E-state index contributed by atoms with van der Waals surface area (Å²) in [5.74, 6) is -0.440. The summed E-state index contributed by atoms with van der Waals surface area (Å²) < 4.78 is 0. The molecule has 0 spiro atoms. The maximum absolute atomic E-state index is 12.1. The first kappa shape index (κ1) is 19.1. The van der Waals surface area contributed by atoms with E-state index in [1.165, 1.54) is 0 Å². The van der Waals surface area contributed by atoms with E-state index in [-0.39, 0.29) is 24.4 Å². The number of carbonyl (C=O) groups excluding carboxylic acids is 2. The van der Waals surface area contributed by atoms with Crippen LogP contribution in [0.4, 0.5) is 11.4 Å². The molecule has 5 nitrogen and oxygen atoms in total. The number of halogens is 2. The smallest absolute Gasteiger partial charge is 0.251 e. The Kier molecular flexibility index (Phi) is 6.67. The molecule has 2 rings (SSSR count). The molecule has 0 aliphatic heterocycles. The zero-order chi connectivity index (χ0) is 18.4. The molecule has 0 saturated heterocycles. The fraction of sp³-hybridized carbons (Fsp3) is 0.222. The minimum atomic E-state index is -0.257. The lowest BCUT2D eigenvalue weighted by molar-refractivity contribution is -0.114. The van der Waals surface area contributed by atoms with Crippen LogP contribution in [0.15, 0.2) is 42.5 Å². The van der Waals surface area contributed by atoms with E-state index >= 15 is 0 Å². The van der Waals surface area contributed by atoms with Gasteiger partial charge in [-0.15, -0.1) is 0 Å². The van der Waals surface area contributed by atoms with Crippen LogP contribution in [0, 0.1) is 0 Å². The fourth-order valence-electron chi connectivity index (χ4n) is 2.10. The van der Waals surface area contributed by atoms with Crippen molar-refractivity contribution < 1.29 is 9.59 Å². The molecule has 0 aromatic heterocycles. The molecule has 0 unspecified atom stereocenters.